The summed E-state index contributed by atoms with van der Waals surface area (Å²) < 4.78 is 21.6. The van der Waals surface area contributed by atoms with Crippen LogP contribution in [0.15, 0.2) is 129 Å². The van der Waals surface area contributed by atoms with E-state index in [1.807, 2.05) is 99.6 Å². The van der Waals surface area contributed by atoms with E-state index in [-0.39, 0.29) is 18.0 Å². The number of fused-ring (bicyclic) bond motifs is 3. The van der Waals surface area contributed by atoms with Crippen molar-refractivity contribution in [1.29, 1.82) is 0 Å². The number of hydrogen-bond acceptors (Lipinski definition) is 17. The third-order valence-corrected chi connectivity index (χ3v) is 10.4. The van der Waals surface area contributed by atoms with Crippen LogP contribution in [-0.4, -0.2) is 76.5 Å². The van der Waals surface area contributed by atoms with Crippen molar-refractivity contribution >= 4 is 96.8 Å². The summed E-state index contributed by atoms with van der Waals surface area (Å²) >= 11 is 16.5. The van der Waals surface area contributed by atoms with Crippen molar-refractivity contribution in [1.82, 2.24) is 49.8 Å². The number of halogens is 3. The van der Waals surface area contributed by atoms with Crippen LogP contribution in [0.25, 0.3) is 33.3 Å². The average molecular weight is 1020 g/mol. The SMILES string of the molecule is C.CCN(CC)CC.COc1cccc(Cc2nccc(Nc3ccc4nc(C)oc4c3)n2)c1.Cc1nc2ccc(N)cc2o1.Cc1nc2ccc(Nc3ccnc(Cl)n3)cc2o1.Clc1ccnc(Cl)n1. The molecule has 0 radical (unpaired) electrons. The standard InChI is InChI=1S/C20H18N4O2.C12H9ClN4O.C8H8N2O.C6H15N.C4H2Cl2N2.CH4/c1-13-22-17-7-6-15(12-18(17)26-13)23-19-8-9-21-20(24-19)11-14-4-3-5-16(10-14)25-2;1-7-15-9-3-2-8(6-10(9)18-7)16-11-4-5-14-12(13)17-11;1-5-10-7-3-2-6(9)4-8(7)11-5;1-4-7(5-2)6-3;5-3-1-2-7-4(6)8-3;/h3-10,12H,11H2,1-2H3,(H,21,23,24);2-6H,1H3,(H,14,16,17);2-4H,9H2,1H3;4-6H2,1-3H3;1-2H;1H4. The fourth-order valence-corrected chi connectivity index (χ4v) is 6.97. The van der Waals surface area contributed by atoms with Gasteiger partial charge >= 0.3 is 0 Å². The summed E-state index contributed by atoms with van der Waals surface area (Å²) in [7, 11) is 1.66. The second-order valence-corrected chi connectivity index (χ2v) is 16.0. The summed E-state index contributed by atoms with van der Waals surface area (Å²) in [4.78, 5) is 39.1. The Morgan fingerprint density at radius 2 is 1.06 bits per heavy atom. The molecule has 0 bridgehead atoms. The van der Waals surface area contributed by atoms with Crippen LogP contribution in [0, 0.1) is 20.8 Å². The first-order valence-corrected chi connectivity index (χ1v) is 23.1. The van der Waals surface area contributed by atoms with Crippen molar-refractivity contribution in [3.8, 4) is 5.75 Å². The normalized spacial score (nSPS) is 10.4. The van der Waals surface area contributed by atoms with E-state index in [1.54, 1.807) is 37.7 Å². The first-order chi connectivity index (χ1) is 33.8. The molecule has 0 saturated heterocycles. The summed E-state index contributed by atoms with van der Waals surface area (Å²) in [5.74, 6) is 4.89. The average Bonchev–Trinajstić information content (AvgIpc) is 4.03. The van der Waals surface area contributed by atoms with Crippen molar-refractivity contribution in [2.24, 2.45) is 0 Å². The Balaban J connectivity index is 0.000000180. The van der Waals surface area contributed by atoms with Gasteiger partial charge in [0, 0.05) is 81.0 Å². The van der Waals surface area contributed by atoms with E-state index in [2.05, 4.69) is 81.2 Å². The van der Waals surface area contributed by atoms with Gasteiger partial charge in [0.15, 0.2) is 34.4 Å². The number of nitrogens with two attached hydrogens (primary N) is 1. The summed E-state index contributed by atoms with van der Waals surface area (Å²) in [6.07, 6.45) is 5.47. The first kappa shape index (κ1) is 54.5. The summed E-state index contributed by atoms with van der Waals surface area (Å²) in [6.45, 7) is 15.6. The van der Waals surface area contributed by atoms with Gasteiger partial charge in [-0.1, -0.05) is 51.9 Å². The third-order valence-electron chi connectivity index (χ3n) is 9.82. The lowest BCUT2D eigenvalue weighted by atomic mass is 10.1. The van der Waals surface area contributed by atoms with Crippen molar-refractivity contribution in [2.75, 3.05) is 43.1 Å². The highest BCUT2D eigenvalue weighted by atomic mass is 35.5. The molecule has 10 aromatic rings. The number of rotatable bonds is 10. The minimum Gasteiger partial charge on any atom is -0.497 e. The van der Waals surface area contributed by atoms with Gasteiger partial charge in [-0.2, -0.15) is 0 Å². The zero-order chi connectivity index (χ0) is 50.0. The minimum absolute atomic E-state index is 0. The van der Waals surface area contributed by atoms with E-state index in [0.717, 1.165) is 67.6 Å². The predicted octanol–water partition coefficient (Wildman–Crippen LogP) is 13.1. The van der Waals surface area contributed by atoms with E-state index in [0.29, 0.717) is 40.8 Å². The molecule has 0 amide bonds. The molecule has 370 valence electrons. The molecule has 0 aliphatic heterocycles. The third kappa shape index (κ3) is 17.2. The molecule has 0 aliphatic carbocycles. The zero-order valence-corrected chi connectivity index (χ0v) is 41.9. The van der Waals surface area contributed by atoms with Gasteiger partial charge in [0.1, 0.15) is 44.9 Å². The number of nitrogens with zero attached hydrogens (tertiary/aromatic N) is 10. The Labute approximate surface area is 427 Å². The maximum atomic E-state index is 5.72. The summed E-state index contributed by atoms with van der Waals surface area (Å²) in [5, 5.41) is 7.16. The van der Waals surface area contributed by atoms with E-state index in [4.69, 9.17) is 58.5 Å². The molecular formula is C51H56Cl3N13O4. The number of hydrogen-bond donors (Lipinski definition) is 3. The van der Waals surface area contributed by atoms with Gasteiger partial charge in [0.2, 0.25) is 10.6 Å². The first-order valence-electron chi connectivity index (χ1n) is 22.0. The largest absolute Gasteiger partial charge is 0.497 e. The molecule has 4 N–H and O–H groups in total. The number of methoxy groups -OCH3 is 1. The molecular weight excluding hydrogens is 965 g/mol. The molecule has 0 unspecified atom stereocenters. The number of nitrogen functional groups attached to an aromatic ring is 1. The lowest BCUT2D eigenvalue weighted by molar-refractivity contribution is 0.321. The molecule has 6 heterocycles. The number of aryl methyl sites for hydroxylation is 3. The van der Waals surface area contributed by atoms with Crippen LogP contribution in [-0.2, 0) is 6.42 Å². The second-order valence-electron chi connectivity index (χ2n) is 14.9. The fourth-order valence-electron chi connectivity index (χ4n) is 6.50. The molecule has 0 spiro atoms. The number of nitrogens with one attached hydrogen (secondary N) is 2. The van der Waals surface area contributed by atoms with Gasteiger partial charge in [-0.25, -0.2) is 44.9 Å². The van der Waals surface area contributed by atoms with Gasteiger partial charge in [-0.3, -0.25) is 0 Å². The van der Waals surface area contributed by atoms with E-state index in [9.17, 15) is 0 Å². The molecule has 20 heteroatoms. The Hall–Kier alpha value is -7.44. The Kier molecular flexibility index (Phi) is 20.8. The maximum absolute atomic E-state index is 5.72. The van der Waals surface area contributed by atoms with Crippen LogP contribution < -0.4 is 21.1 Å². The monoisotopic (exact) mass is 1020 g/mol. The minimum atomic E-state index is 0. The molecule has 4 aromatic carbocycles. The van der Waals surface area contributed by atoms with Crippen LogP contribution in [0.5, 0.6) is 5.75 Å². The van der Waals surface area contributed by atoms with Crippen molar-refractivity contribution in [3.63, 3.8) is 0 Å². The fraction of sp³-hybridized carbons (Fsp3) is 0.235. The van der Waals surface area contributed by atoms with Crippen LogP contribution in [0.3, 0.4) is 0 Å². The van der Waals surface area contributed by atoms with Gasteiger partial charge in [0.05, 0.1) is 7.11 Å². The number of benzene rings is 4. The van der Waals surface area contributed by atoms with Gasteiger partial charge < -0.3 is 39.3 Å². The molecule has 71 heavy (non-hydrogen) atoms. The van der Waals surface area contributed by atoms with Crippen molar-refractivity contribution < 1.29 is 18.0 Å². The Morgan fingerprint density at radius 1 is 0.563 bits per heavy atom. The van der Waals surface area contributed by atoms with E-state index < -0.39 is 0 Å². The van der Waals surface area contributed by atoms with Crippen molar-refractivity contribution in [2.45, 2.75) is 55.4 Å². The highest BCUT2D eigenvalue weighted by Gasteiger charge is 2.08. The highest BCUT2D eigenvalue weighted by Crippen LogP contribution is 2.24. The topological polar surface area (TPSA) is 218 Å². The van der Waals surface area contributed by atoms with Crippen LogP contribution >= 0.6 is 34.8 Å². The molecule has 17 nitrogen and oxygen atoms in total. The van der Waals surface area contributed by atoms with E-state index >= 15 is 0 Å². The van der Waals surface area contributed by atoms with Crippen LogP contribution in [0.2, 0.25) is 15.7 Å². The van der Waals surface area contributed by atoms with Gasteiger partial charge in [-0.05, 0) is 115 Å². The molecule has 0 aliphatic rings. The highest BCUT2D eigenvalue weighted by molar-refractivity contribution is 6.31. The molecule has 10 rings (SSSR count). The molecule has 0 saturated carbocycles. The van der Waals surface area contributed by atoms with Crippen LogP contribution in [0.1, 0.15) is 57.3 Å². The number of aromatic nitrogens is 9. The number of ether oxygens (including phenoxy) is 1. The predicted molar refractivity (Wildman–Crippen MR) is 284 cm³/mol. The lowest BCUT2D eigenvalue weighted by Crippen LogP contribution is -2.21. The molecule has 6 aromatic heterocycles. The van der Waals surface area contributed by atoms with Crippen LogP contribution in [0.4, 0.5) is 28.7 Å². The second kappa shape index (κ2) is 27.1. The number of oxazole rings is 3. The van der Waals surface area contributed by atoms with Gasteiger partial charge in [-0.15, -0.1) is 0 Å². The smallest absolute Gasteiger partial charge is 0.224 e. The lowest BCUT2D eigenvalue weighted by Gasteiger charge is -2.13. The van der Waals surface area contributed by atoms with Crippen molar-refractivity contribution in [3.05, 3.63) is 160 Å². The maximum Gasteiger partial charge on any atom is 0.224 e. The Morgan fingerprint density at radius 3 is 1.54 bits per heavy atom. The quantitative estimate of drug-likeness (QED) is 0.0659. The van der Waals surface area contributed by atoms with E-state index in [1.165, 1.54) is 25.8 Å². The zero-order valence-electron chi connectivity index (χ0n) is 39.6. The summed E-state index contributed by atoms with van der Waals surface area (Å²) in [5.41, 5.74) is 13.9. The summed E-state index contributed by atoms with van der Waals surface area (Å²) in [6, 6.07) is 29.9. The molecule has 0 fully saturated rings. The molecule has 0 atom stereocenters. The van der Waals surface area contributed by atoms with Gasteiger partial charge in [0.25, 0.3) is 0 Å². The Bertz CT molecular complexity index is 3210. The number of anilines is 5.